The average Bonchev–Trinajstić information content (AvgIpc) is 2.34. The standard InChI is InChI=1S/C8F16O2/c9-1(10)2(11)25-6(19,20)4(14,15)8(23,24)26-7(21,22)3(12,13)5(16,17)18. The largest absolute Gasteiger partial charge is 0.475 e. The lowest BCUT2D eigenvalue weighted by molar-refractivity contribution is -0.521. The van der Waals surface area contributed by atoms with Crippen LogP contribution in [0.25, 0.3) is 0 Å². The SMILES string of the molecule is FC(F)=C(F)OC(F)(F)C(F)(F)C(F)(F)OC(F)(F)C(F)(F)C(F)(F)F. The van der Waals surface area contributed by atoms with Crippen molar-refractivity contribution in [3.05, 3.63) is 12.1 Å². The van der Waals surface area contributed by atoms with Gasteiger partial charge in [0.2, 0.25) is 0 Å². The monoisotopic (exact) mass is 432 g/mol. The van der Waals surface area contributed by atoms with Crippen LogP contribution in [0.15, 0.2) is 12.1 Å². The molecule has 0 atom stereocenters. The smallest absolute Gasteiger partial charge is 0.397 e. The zero-order valence-electron chi connectivity index (χ0n) is 10.9. The molecule has 0 aromatic heterocycles. The molecule has 0 unspecified atom stereocenters. The number of alkyl halides is 13. The first-order valence-corrected chi connectivity index (χ1v) is 5.09. The quantitative estimate of drug-likeness (QED) is 0.382. The minimum Gasteiger partial charge on any atom is -0.397 e. The van der Waals surface area contributed by atoms with Gasteiger partial charge in [0.15, 0.2) is 0 Å². The summed E-state index contributed by atoms with van der Waals surface area (Å²) in [5, 5.41) is 0. The van der Waals surface area contributed by atoms with Crippen molar-refractivity contribution < 1.29 is 79.7 Å². The van der Waals surface area contributed by atoms with Crippen LogP contribution in [0.2, 0.25) is 0 Å². The Morgan fingerprint density at radius 1 is 0.500 bits per heavy atom. The van der Waals surface area contributed by atoms with Crippen LogP contribution in [0.4, 0.5) is 70.2 Å². The van der Waals surface area contributed by atoms with Crippen molar-refractivity contribution in [3.8, 4) is 0 Å². The summed E-state index contributed by atoms with van der Waals surface area (Å²) in [5.41, 5.74) is 0. The van der Waals surface area contributed by atoms with Crippen molar-refractivity contribution in [1.29, 1.82) is 0 Å². The second kappa shape index (κ2) is 6.52. The van der Waals surface area contributed by atoms with Crippen LogP contribution in [0.5, 0.6) is 0 Å². The highest BCUT2D eigenvalue weighted by Gasteiger charge is 2.83. The Bertz CT molecular complexity index is 541. The lowest BCUT2D eigenvalue weighted by Crippen LogP contribution is -2.62. The Labute approximate surface area is 129 Å². The lowest BCUT2D eigenvalue weighted by atomic mass is 10.2. The van der Waals surface area contributed by atoms with Crippen LogP contribution in [0.3, 0.4) is 0 Å². The van der Waals surface area contributed by atoms with Gasteiger partial charge in [0, 0.05) is 0 Å². The molecule has 2 nitrogen and oxygen atoms in total. The number of ether oxygens (including phenoxy) is 2. The van der Waals surface area contributed by atoms with Gasteiger partial charge < -0.3 is 4.74 Å². The van der Waals surface area contributed by atoms with Gasteiger partial charge in [-0.2, -0.15) is 70.2 Å². The minimum absolute atomic E-state index is 1.24. The van der Waals surface area contributed by atoms with Gasteiger partial charge in [-0.05, 0) is 0 Å². The van der Waals surface area contributed by atoms with Crippen LogP contribution in [-0.2, 0) is 9.47 Å². The summed E-state index contributed by atoms with van der Waals surface area (Å²) in [4.78, 5) is 0. The highest BCUT2D eigenvalue weighted by molar-refractivity contribution is 4.93. The number of rotatable bonds is 7. The Morgan fingerprint density at radius 2 is 0.846 bits per heavy atom. The summed E-state index contributed by atoms with van der Waals surface area (Å²) >= 11 is 0. The first-order valence-electron chi connectivity index (χ1n) is 5.09. The third kappa shape index (κ3) is 4.20. The van der Waals surface area contributed by atoms with Crippen molar-refractivity contribution in [3.63, 3.8) is 0 Å². The summed E-state index contributed by atoms with van der Waals surface area (Å²) in [6.45, 7) is 0. The average molecular weight is 432 g/mol. The molecule has 26 heavy (non-hydrogen) atoms. The molecular formula is C8F16O2. The van der Waals surface area contributed by atoms with Gasteiger partial charge in [-0.25, -0.2) is 4.74 Å². The van der Waals surface area contributed by atoms with Gasteiger partial charge in [-0.1, -0.05) is 0 Å². The van der Waals surface area contributed by atoms with Crippen LogP contribution in [0, 0.1) is 0 Å². The van der Waals surface area contributed by atoms with Crippen molar-refractivity contribution in [2.75, 3.05) is 0 Å². The molecule has 0 aromatic rings. The summed E-state index contributed by atoms with van der Waals surface area (Å²) in [7, 11) is 0. The maximum atomic E-state index is 12.8. The van der Waals surface area contributed by atoms with Crippen LogP contribution < -0.4 is 0 Å². The van der Waals surface area contributed by atoms with E-state index in [9.17, 15) is 70.2 Å². The molecule has 0 saturated carbocycles. The molecule has 0 rings (SSSR count). The highest BCUT2D eigenvalue weighted by atomic mass is 19.4. The van der Waals surface area contributed by atoms with E-state index in [-0.39, 0.29) is 0 Å². The maximum absolute atomic E-state index is 12.8. The molecule has 0 radical (unpaired) electrons. The van der Waals surface area contributed by atoms with E-state index in [1.54, 1.807) is 4.74 Å². The van der Waals surface area contributed by atoms with Crippen LogP contribution >= 0.6 is 0 Å². The highest BCUT2D eigenvalue weighted by Crippen LogP contribution is 2.54. The fourth-order valence-electron chi connectivity index (χ4n) is 0.839. The zero-order valence-corrected chi connectivity index (χ0v) is 10.9. The predicted molar refractivity (Wildman–Crippen MR) is 43.3 cm³/mol. The summed E-state index contributed by atoms with van der Waals surface area (Å²) in [6.07, 6.45) is -33.7. The number of hydrogen-bond acceptors (Lipinski definition) is 2. The molecule has 156 valence electrons. The molecular weight excluding hydrogens is 432 g/mol. The fraction of sp³-hybridized carbons (Fsp3) is 0.750. The van der Waals surface area contributed by atoms with E-state index in [0.29, 0.717) is 0 Å². The Morgan fingerprint density at radius 3 is 1.15 bits per heavy atom. The van der Waals surface area contributed by atoms with Crippen molar-refractivity contribution in [2.24, 2.45) is 0 Å². The van der Waals surface area contributed by atoms with Crippen LogP contribution in [0.1, 0.15) is 0 Å². The Hall–Kier alpha value is -1.62. The molecule has 0 heterocycles. The van der Waals surface area contributed by atoms with E-state index >= 15 is 0 Å². The maximum Gasteiger partial charge on any atom is 0.475 e. The number of hydrogen-bond donors (Lipinski definition) is 0. The Balaban J connectivity index is 5.90. The van der Waals surface area contributed by atoms with Crippen LogP contribution in [-0.4, -0.2) is 36.3 Å². The summed E-state index contributed by atoms with van der Waals surface area (Å²) in [5.74, 6) is -15.2. The third-order valence-electron chi connectivity index (χ3n) is 2.08. The first kappa shape index (κ1) is 24.4. The second-order valence-electron chi connectivity index (χ2n) is 3.94. The van der Waals surface area contributed by atoms with Crippen molar-refractivity contribution >= 4 is 0 Å². The molecule has 0 aliphatic carbocycles. The molecule has 0 saturated heterocycles. The fourth-order valence-corrected chi connectivity index (χ4v) is 0.839. The van der Waals surface area contributed by atoms with E-state index in [1.165, 1.54) is 4.74 Å². The Kier molecular flexibility index (Phi) is 6.11. The molecule has 0 N–H and O–H groups in total. The molecule has 0 aliphatic heterocycles. The predicted octanol–water partition coefficient (Wildman–Crippen LogP) is 5.67. The summed E-state index contributed by atoms with van der Waals surface area (Å²) < 4.78 is 199. The van der Waals surface area contributed by atoms with Gasteiger partial charge in [0.05, 0.1) is 0 Å². The van der Waals surface area contributed by atoms with Gasteiger partial charge in [-0.15, -0.1) is 0 Å². The minimum atomic E-state index is -7.64. The van der Waals surface area contributed by atoms with E-state index in [0.717, 1.165) is 0 Å². The molecule has 0 fully saturated rings. The van der Waals surface area contributed by atoms with E-state index < -0.39 is 48.4 Å². The first-order chi connectivity index (χ1) is 11.0. The summed E-state index contributed by atoms with van der Waals surface area (Å²) in [6, 6.07) is -3.92. The number of halogens is 16. The topological polar surface area (TPSA) is 18.5 Å². The molecule has 18 heteroatoms. The van der Waals surface area contributed by atoms with Crippen molar-refractivity contribution in [1.82, 2.24) is 0 Å². The van der Waals surface area contributed by atoms with Gasteiger partial charge >= 0.3 is 48.4 Å². The second-order valence-corrected chi connectivity index (χ2v) is 3.94. The van der Waals surface area contributed by atoms with Gasteiger partial charge in [-0.3, -0.25) is 0 Å². The molecule has 0 aliphatic rings. The molecule has 0 bridgehead atoms. The molecule has 0 amide bonds. The van der Waals surface area contributed by atoms with E-state index in [1.807, 2.05) is 0 Å². The zero-order chi connectivity index (χ0) is 21.6. The third-order valence-corrected chi connectivity index (χ3v) is 2.08. The molecule has 0 aromatic carbocycles. The lowest BCUT2D eigenvalue weighted by Gasteiger charge is -2.35. The van der Waals surface area contributed by atoms with Gasteiger partial charge in [0.25, 0.3) is 0 Å². The van der Waals surface area contributed by atoms with Crippen molar-refractivity contribution in [2.45, 2.75) is 36.3 Å². The molecule has 0 spiro atoms. The normalized spacial score (nSPS) is 15.1. The van der Waals surface area contributed by atoms with E-state index in [2.05, 4.69) is 0 Å². The van der Waals surface area contributed by atoms with Gasteiger partial charge in [0.1, 0.15) is 0 Å². The van der Waals surface area contributed by atoms with E-state index in [4.69, 9.17) is 0 Å².